The van der Waals surface area contributed by atoms with Crippen LogP contribution in [-0.4, -0.2) is 48.4 Å². The summed E-state index contributed by atoms with van der Waals surface area (Å²) < 4.78 is 67.0. The number of hydrogen-bond donors (Lipinski definition) is 4. The Hall–Kier alpha value is -4.17. The Bertz CT molecular complexity index is 1520. The zero-order chi connectivity index (χ0) is 27.4. The molecule has 0 atom stereocenters. The van der Waals surface area contributed by atoms with E-state index in [1.165, 1.54) is 12.1 Å². The van der Waals surface area contributed by atoms with E-state index in [0.29, 0.717) is 6.20 Å². The van der Waals surface area contributed by atoms with Crippen molar-refractivity contribution in [3.05, 3.63) is 51.5 Å². The molecule has 0 bridgehead atoms. The van der Waals surface area contributed by atoms with E-state index in [9.17, 15) is 42.8 Å². The number of nitrogens with zero attached hydrogens (tertiary/aromatic N) is 3. The maximum Gasteiger partial charge on any atom is 0.434 e. The van der Waals surface area contributed by atoms with Crippen molar-refractivity contribution in [2.24, 2.45) is 0 Å². The number of phenols is 4. The van der Waals surface area contributed by atoms with Crippen LogP contribution in [0.1, 0.15) is 16.1 Å². The Morgan fingerprint density at radius 2 is 1.76 bits per heavy atom. The molecule has 0 saturated carbocycles. The SMILES string of the molecule is COC(=O)c1c(-c2c(F)cccc2Cl)noc1-c1cnn(-c2c(O)c(O)c(O)c(Cl)c2O)c1C(F)(F)F. The number of rotatable bonds is 4. The standard InChI is InChI=1S/C21H11Cl2F4N3O7/c1-36-20(35)10-12(9-7(22)3-2-4-8(9)24)29-37-18(10)6-5-28-30(19(6)21(25,26)27)13-14(31)11(23)15(32)17(34)16(13)33/h2-5,31-34H,1H3. The molecule has 2 aromatic heterocycles. The molecule has 0 aliphatic rings. The largest absolute Gasteiger partial charge is 0.504 e. The summed E-state index contributed by atoms with van der Waals surface area (Å²) in [5.41, 5.74) is -5.70. The second kappa shape index (κ2) is 9.05. The molecule has 2 heterocycles. The fraction of sp³-hybridized carbons (Fsp3) is 0.0952. The number of methoxy groups -OCH3 is 1. The van der Waals surface area contributed by atoms with Gasteiger partial charge in [0.05, 0.1) is 29.5 Å². The number of halogens is 6. The molecule has 10 nitrogen and oxygen atoms in total. The number of ether oxygens (including phenoxy) is 1. The van der Waals surface area contributed by atoms with Crippen LogP contribution >= 0.6 is 23.2 Å². The van der Waals surface area contributed by atoms with E-state index in [0.717, 1.165) is 13.2 Å². The van der Waals surface area contributed by atoms with Gasteiger partial charge >= 0.3 is 12.1 Å². The van der Waals surface area contributed by atoms with E-state index in [-0.39, 0.29) is 9.70 Å². The lowest BCUT2D eigenvalue weighted by Gasteiger charge is -2.16. The summed E-state index contributed by atoms with van der Waals surface area (Å²) >= 11 is 11.7. The quantitative estimate of drug-likeness (QED) is 0.113. The molecule has 0 aliphatic heterocycles. The molecule has 4 aromatic rings. The van der Waals surface area contributed by atoms with Crippen molar-refractivity contribution in [2.75, 3.05) is 7.11 Å². The molecule has 37 heavy (non-hydrogen) atoms. The van der Waals surface area contributed by atoms with Crippen molar-refractivity contribution in [1.29, 1.82) is 0 Å². The fourth-order valence-corrected chi connectivity index (χ4v) is 3.91. The topological polar surface area (TPSA) is 151 Å². The van der Waals surface area contributed by atoms with Gasteiger partial charge in [-0.1, -0.05) is 34.4 Å². The van der Waals surface area contributed by atoms with Gasteiger partial charge in [0.1, 0.15) is 22.1 Å². The lowest BCUT2D eigenvalue weighted by molar-refractivity contribution is -0.142. The van der Waals surface area contributed by atoms with Gasteiger partial charge in [-0.3, -0.25) is 0 Å². The Balaban J connectivity index is 2.08. The smallest absolute Gasteiger partial charge is 0.434 e. The number of alkyl halides is 3. The lowest BCUT2D eigenvalue weighted by Crippen LogP contribution is -2.15. The first-order valence-electron chi connectivity index (χ1n) is 9.64. The highest BCUT2D eigenvalue weighted by molar-refractivity contribution is 6.34. The van der Waals surface area contributed by atoms with Crippen molar-refractivity contribution >= 4 is 29.2 Å². The molecule has 0 radical (unpaired) electrons. The summed E-state index contributed by atoms with van der Waals surface area (Å²) in [6.45, 7) is 0. The van der Waals surface area contributed by atoms with Gasteiger partial charge in [-0.25, -0.2) is 13.9 Å². The molecule has 0 unspecified atom stereocenters. The van der Waals surface area contributed by atoms with Gasteiger partial charge in [0.25, 0.3) is 0 Å². The van der Waals surface area contributed by atoms with Gasteiger partial charge in [0.2, 0.25) is 5.75 Å². The van der Waals surface area contributed by atoms with Crippen LogP contribution in [0, 0.1) is 5.82 Å². The summed E-state index contributed by atoms with van der Waals surface area (Å²) in [5.74, 6) is -8.39. The maximum absolute atomic E-state index is 14.6. The van der Waals surface area contributed by atoms with Crippen LogP contribution in [0.15, 0.2) is 28.9 Å². The Labute approximate surface area is 212 Å². The predicted molar refractivity (Wildman–Crippen MR) is 117 cm³/mol. The normalized spacial score (nSPS) is 11.6. The number of hydrogen-bond acceptors (Lipinski definition) is 9. The number of carbonyl (C=O) groups excluding carboxylic acids is 1. The first-order chi connectivity index (χ1) is 17.3. The van der Waals surface area contributed by atoms with Crippen LogP contribution in [0.2, 0.25) is 10.0 Å². The molecule has 16 heteroatoms. The fourth-order valence-electron chi connectivity index (χ4n) is 3.47. The molecule has 0 amide bonds. The molecule has 0 saturated heterocycles. The van der Waals surface area contributed by atoms with Crippen LogP contribution in [0.5, 0.6) is 23.0 Å². The second-order valence-corrected chi connectivity index (χ2v) is 7.98. The van der Waals surface area contributed by atoms with Crippen LogP contribution in [0.4, 0.5) is 17.6 Å². The summed E-state index contributed by atoms with van der Waals surface area (Å²) in [6.07, 6.45) is -4.81. The Morgan fingerprint density at radius 1 is 1.08 bits per heavy atom. The van der Waals surface area contributed by atoms with E-state index >= 15 is 0 Å². The monoisotopic (exact) mass is 563 g/mol. The minimum atomic E-state index is -5.33. The molecule has 194 valence electrons. The van der Waals surface area contributed by atoms with E-state index in [1.807, 2.05) is 0 Å². The van der Waals surface area contributed by atoms with Crippen molar-refractivity contribution in [1.82, 2.24) is 14.9 Å². The number of phenolic OH excluding ortho intramolecular Hbond substituents is 4. The molecule has 2 aromatic carbocycles. The Morgan fingerprint density at radius 3 is 2.35 bits per heavy atom. The number of aromatic hydroxyl groups is 4. The summed E-state index contributed by atoms with van der Waals surface area (Å²) in [4.78, 5) is 12.6. The molecular formula is C21H11Cl2F4N3O7. The first-order valence-corrected chi connectivity index (χ1v) is 10.4. The minimum absolute atomic E-state index is 0.0651. The number of carbonyl (C=O) groups is 1. The zero-order valence-corrected chi connectivity index (χ0v) is 19.4. The van der Waals surface area contributed by atoms with Gasteiger partial charge in [-0.2, -0.15) is 18.3 Å². The van der Waals surface area contributed by atoms with E-state index in [1.54, 1.807) is 0 Å². The van der Waals surface area contributed by atoms with Crippen LogP contribution in [0.3, 0.4) is 0 Å². The van der Waals surface area contributed by atoms with Gasteiger partial charge < -0.3 is 29.7 Å². The summed E-state index contributed by atoms with van der Waals surface area (Å²) in [5, 5.41) is 45.7. The van der Waals surface area contributed by atoms with Gasteiger partial charge in [-0.15, -0.1) is 0 Å². The van der Waals surface area contributed by atoms with E-state index in [2.05, 4.69) is 15.0 Å². The third-order valence-electron chi connectivity index (χ3n) is 5.09. The zero-order valence-electron chi connectivity index (χ0n) is 17.9. The second-order valence-electron chi connectivity index (χ2n) is 7.20. The summed E-state index contributed by atoms with van der Waals surface area (Å²) in [6, 6.07) is 3.44. The highest BCUT2D eigenvalue weighted by atomic mass is 35.5. The molecular weight excluding hydrogens is 553 g/mol. The average molecular weight is 564 g/mol. The molecule has 0 fully saturated rings. The van der Waals surface area contributed by atoms with E-state index in [4.69, 9.17) is 27.7 Å². The van der Waals surface area contributed by atoms with Crippen molar-refractivity contribution in [3.63, 3.8) is 0 Å². The lowest BCUT2D eigenvalue weighted by atomic mass is 10.0. The molecule has 0 spiro atoms. The summed E-state index contributed by atoms with van der Waals surface area (Å²) in [7, 11) is 0.900. The maximum atomic E-state index is 14.6. The number of benzene rings is 2. The third-order valence-corrected chi connectivity index (χ3v) is 5.76. The highest BCUT2D eigenvalue weighted by Gasteiger charge is 2.43. The average Bonchev–Trinajstić information content (AvgIpc) is 3.46. The van der Waals surface area contributed by atoms with Gasteiger partial charge in [-0.05, 0) is 12.1 Å². The van der Waals surface area contributed by atoms with Crippen molar-refractivity contribution < 1.29 is 52.0 Å². The number of esters is 1. The van der Waals surface area contributed by atoms with Crippen molar-refractivity contribution in [3.8, 4) is 51.3 Å². The Kier molecular flexibility index (Phi) is 6.33. The molecule has 0 aliphatic carbocycles. The molecule has 4 N–H and O–H groups in total. The number of aromatic nitrogens is 3. The predicted octanol–water partition coefficient (Wildman–Crippen LogP) is 5.27. The molecule has 4 rings (SSSR count). The van der Waals surface area contributed by atoms with Gasteiger partial charge in [0.15, 0.2) is 34.4 Å². The minimum Gasteiger partial charge on any atom is -0.504 e. The van der Waals surface area contributed by atoms with Crippen LogP contribution < -0.4 is 0 Å². The van der Waals surface area contributed by atoms with Crippen LogP contribution in [-0.2, 0) is 10.9 Å². The van der Waals surface area contributed by atoms with Crippen molar-refractivity contribution in [2.45, 2.75) is 6.18 Å². The first kappa shape index (κ1) is 25.9. The highest BCUT2D eigenvalue weighted by Crippen LogP contribution is 2.52. The van der Waals surface area contributed by atoms with Crippen LogP contribution in [0.25, 0.3) is 28.3 Å². The van der Waals surface area contributed by atoms with E-state index < -0.39 is 85.5 Å². The van der Waals surface area contributed by atoms with Gasteiger partial charge in [0, 0.05) is 0 Å². The third kappa shape index (κ3) is 4.03.